The highest BCUT2D eigenvalue weighted by Gasteiger charge is 2.27. The highest BCUT2D eigenvalue weighted by molar-refractivity contribution is 5.55. The molecule has 1 saturated carbocycles. The second kappa shape index (κ2) is 5.75. The first kappa shape index (κ1) is 13.4. The van der Waals surface area contributed by atoms with Gasteiger partial charge in [0.1, 0.15) is 0 Å². The molecular weight excluding hydrogens is 220 g/mol. The normalized spacial score (nSPS) is 16.9. The standard InChI is InChI=1S/C16H26N2/c1-4-15(17)14-7-5-6-8-16(14)18(12(2)3)11-13-9-10-13/h5-8,12-13,15H,4,9-11,17H2,1-3H3/t15-/m0/s1. The van der Waals surface area contributed by atoms with E-state index >= 15 is 0 Å². The molecule has 0 spiro atoms. The highest BCUT2D eigenvalue weighted by atomic mass is 15.2. The molecule has 0 aliphatic heterocycles. The minimum absolute atomic E-state index is 0.154. The van der Waals surface area contributed by atoms with E-state index in [2.05, 4.69) is 49.9 Å². The van der Waals surface area contributed by atoms with Gasteiger partial charge in [0, 0.05) is 24.3 Å². The van der Waals surface area contributed by atoms with Crippen LogP contribution in [-0.2, 0) is 0 Å². The fourth-order valence-corrected chi connectivity index (χ4v) is 2.45. The Morgan fingerprint density at radius 3 is 2.50 bits per heavy atom. The third kappa shape index (κ3) is 3.05. The van der Waals surface area contributed by atoms with Gasteiger partial charge < -0.3 is 10.6 Å². The van der Waals surface area contributed by atoms with E-state index < -0.39 is 0 Å². The zero-order chi connectivity index (χ0) is 13.1. The minimum atomic E-state index is 0.154. The molecule has 2 heteroatoms. The quantitative estimate of drug-likeness (QED) is 0.829. The minimum Gasteiger partial charge on any atom is -0.369 e. The van der Waals surface area contributed by atoms with Gasteiger partial charge in [0.05, 0.1) is 0 Å². The predicted octanol–water partition coefficient (Wildman–Crippen LogP) is 3.72. The summed E-state index contributed by atoms with van der Waals surface area (Å²) in [5.74, 6) is 0.901. The lowest BCUT2D eigenvalue weighted by Gasteiger charge is -2.32. The van der Waals surface area contributed by atoms with Crippen LogP contribution in [0.1, 0.15) is 51.6 Å². The summed E-state index contributed by atoms with van der Waals surface area (Å²) in [7, 11) is 0. The molecule has 0 bridgehead atoms. The summed E-state index contributed by atoms with van der Waals surface area (Å²) in [4.78, 5) is 2.53. The molecule has 1 fully saturated rings. The molecule has 1 aliphatic rings. The monoisotopic (exact) mass is 246 g/mol. The number of hydrogen-bond donors (Lipinski definition) is 1. The van der Waals surface area contributed by atoms with Gasteiger partial charge >= 0.3 is 0 Å². The first-order valence-corrected chi connectivity index (χ1v) is 7.24. The predicted molar refractivity (Wildman–Crippen MR) is 78.9 cm³/mol. The third-order valence-corrected chi connectivity index (χ3v) is 3.86. The topological polar surface area (TPSA) is 29.3 Å². The molecule has 2 nitrogen and oxygen atoms in total. The molecule has 2 rings (SSSR count). The number of anilines is 1. The Morgan fingerprint density at radius 1 is 1.28 bits per heavy atom. The Kier molecular flexibility index (Phi) is 4.28. The zero-order valence-corrected chi connectivity index (χ0v) is 11.9. The maximum absolute atomic E-state index is 6.25. The zero-order valence-electron chi connectivity index (χ0n) is 11.9. The van der Waals surface area contributed by atoms with Gasteiger partial charge in [-0.3, -0.25) is 0 Å². The molecular formula is C16H26N2. The number of para-hydroxylation sites is 1. The molecule has 0 aromatic heterocycles. The summed E-state index contributed by atoms with van der Waals surface area (Å²) in [6.45, 7) is 7.89. The van der Waals surface area contributed by atoms with Gasteiger partial charge in [-0.05, 0) is 50.7 Å². The van der Waals surface area contributed by atoms with Crippen molar-refractivity contribution in [2.45, 2.75) is 52.1 Å². The van der Waals surface area contributed by atoms with Crippen LogP contribution in [0, 0.1) is 5.92 Å². The summed E-state index contributed by atoms with van der Waals surface area (Å²) in [6, 6.07) is 9.34. The van der Waals surface area contributed by atoms with Gasteiger partial charge in [-0.2, -0.15) is 0 Å². The van der Waals surface area contributed by atoms with Crippen LogP contribution in [-0.4, -0.2) is 12.6 Å². The second-order valence-electron chi connectivity index (χ2n) is 5.76. The van der Waals surface area contributed by atoms with Crippen molar-refractivity contribution in [3.8, 4) is 0 Å². The summed E-state index contributed by atoms with van der Waals surface area (Å²) in [5, 5.41) is 0. The van der Waals surface area contributed by atoms with Crippen molar-refractivity contribution in [1.29, 1.82) is 0 Å². The van der Waals surface area contributed by atoms with Crippen molar-refractivity contribution in [2.24, 2.45) is 11.7 Å². The lowest BCUT2D eigenvalue weighted by molar-refractivity contribution is 0.629. The second-order valence-corrected chi connectivity index (χ2v) is 5.76. The summed E-state index contributed by atoms with van der Waals surface area (Å²) < 4.78 is 0. The van der Waals surface area contributed by atoms with Crippen molar-refractivity contribution in [2.75, 3.05) is 11.4 Å². The maximum Gasteiger partial charge on any atom is 0.0417 e. The number of rotatable bonds is 6. The molecule has 1 atom stereocenters. The van der Waals surface area contributed by atoms with E-state index in [4.69, 9.17) is 5.73 Å². The van der Waals surface area contributed by atoms with Crippen LogP contribution in [0.15, 0.2) is 24.3 Å². The fraction of sp³-hybridized carbons (Fsp3) is 0.625. The van der Waals surface area contributed by atoms with Gasteiger partial charge in [-0.15, -0.1) is 0 Å². The Balaban J connectivity index is 2.27. The number of nitrogens with two attached hydrogens (primary N) is 1. The van der Waals surface area contributed by atoms with E-state index in [1.807, 2.05) is 0 Å². The van der Waals surface area contributed by atoms with Gasteiger partial charge in [-0.1, -0.05) is 25.1 Å². The largest absolute Gasteiger partial charge is 0.369 e. The van der Waals surface area contributed by atoms with Crippen LogP contribution in [0.25, 0.3) is 0 Å². The van der Waals surface area contributed by atoms with Crippen molar-refractivity contribution in [3.63, 3.8) is 0 Å². The Morgan fingerprint density at radius 2 is 1.94 bits per heavy atom. The Labute approximate surface area is 111 Å². The van der Waals surface area contributed by atoms with E-state index in [1.54, 1.807) is 0 Å². The Bertz CT molecular complexity index is 382. The van der Waals surface area contributed by atoms with E-state index in [0.29, 0.717) is 6.04 Å². The molecule has 0 saturated heterocycles. The van der Waals surface area contributed by atoms with Crippen LogP contribution < -0.4 is 10.6 Å². The van der Waals surface area contributed by atoms with Gasteiger partial charge in [0.2, 0.25) is 0 Å². The maximum atomic E-state index is 6.25. The summed E-state index contributed by atoms with van der Waals surface area (Å²) in [6.07, 6.45) is 3.78. The molecule has 18 heavy (non-hydrogen) atoms. The van der Waals surface area contributed by atoms with Crippen molar-refractivity contribution < 1.29 is 0 Å². The molecule has 1 aromatic carbocycles. The SMILES string of the molecule is CC[C@H](N)c1ccccc1N(CC1CC1)C(C)C. The van der Waals surface area contributed by atoms with Crippen LogP contribution in [0.3, 0.4) is 0 Å². The molecule has 0 unspecified atom stereocenters. The molecule has 1 aromatic rings. The van der Waals surface area contributed by atoms with E-state index in [1.165, 1.54) is 30.6 Å². The van der Waals surface area contributed by atoms with E-state index in [0.717, 1.165) is 12.3 Å². The molecule has 0 heterocycles. The van der Waals surface area contributed by atoms with Gasteiger partial charge in [0.15, 0.2) is 0 Å². The Hall–Kier alpha value is -1.02. The number of benzene rings is 1. The summed E-state index contributed by atoms with van der Waals surface area (Å²) in [5.41, 5.74) is 8.89. The van der Waals surface area contributed by atoms with Crippen LogP contribution in [0.4, 0.5) is 5.69 Å². The molecule has 2 N–H and O–H groups in total. The van der Waals surface area contributed by atoms with Crippen LogP contribution in [0.2, 0.25) is 0 Å². The molecule has 0 radical (unpaired) electrons. The molecule has 100 valence electrons. The highest BCUT2D eigenvalue weighted by Crippen LogP contribution is 2.34. The average molecular weight is 246 g/mol. The lowest BCUT2D eigenvalue weighted by Crippen LogP contribution is -2.34. The lowest BCUT2D eigenvalue weighted by atomic mass is 10.0. The molecule has 1 aliphatic carbocycles. The van der Waals surface area contributed by atoms with E-state index in [-0.39, 0.29) is 6.04 Å². The van der Waals surface area contributed by atoms with Crippen LogP contribution >= 0.6 is 0 Å². The third-order valence-electron chi connectivity index (χ3n) is 3.86. The average Bonchev–Trinajstić information content (AvgIpc) is 3.18. The summed E-state index contributed by atoms with van der Waals surface area (Å²) >= 11 is 0. The van der Waals surface area contributed by atoms with Crippen molar-refractivity contribution >= 4 is 5.69 Å². The van der Waals surface area contributed by atoms with Crippen molar-refractivity contribution in [1.82, 2.24) is 0 Å². The van der Waals surface area contributed by atoms with E-state index in [9.17, 15) is 0 Å². The first-order chi connectivity index (χ1) is 8.63. The number of nitrogens with zero attached hydrogens (tertiary/aromatic N) is 1. The first-order valence-electron chi connectivity index (χ1n) is 7.24. The fourth-order valence-electron chi connectivity index (χ4n) is 2.45. The van der Waals surface area contributed by atoms with Crippen LogP contribution in [0.5, 0.6) is 0 Å². The van der Waals surface area contributed by atoms with Gasteiger partial charge in [-0.25, -0.2) is 0 Å². The smallest absolute Gasteiger partial charge is 0.0417 e. The molecule has 0 amide bonds. The van der Waals surface area contributed by atoms with Gasteiger partial charge in [0.25, 0.3) is 0 Å². The van der Waals surface area contributed by atoms with Crippen molar-refractivity contribution in [3.05, 3.63) is 29.8 Å². The number of hydrogen-bond acceptors (Lipinski definition) is 2.